The average molecular weight is 321 g/mol. The Morgan fingerprint density at radius 2 is 1.75 bits per heavy atom. The minimum Gasteiger partial charge on any atom is -0.366 e. The summed E-state index contributed by atoms with van der Waals surface area (Å²) >= 11 is 0. The molecule has 0 heterocycles. The van der Waals surface area contributed by atoms with Crippen LogP contribution in [0.4, 0.5) is 5.69 Å². The van der Waals surface area contributed by atoms with Gasteiger partial charge in [-0.2, -0.15) is 5.26 Å². The summed E-state index contributed by atoms with van der Waals surface area (Å²) in [5.41, 5.74) is 4.20. The number of benzene rings is 2. The van der Waals surface area contributed by atoms with E-state index in [1.807, 2.05) is 12.1 Å². The van der Waals surface area contributed by atoms with Gasteiger partial charge in [-0.3, -0.25) is 0 Å². The molecule has 0 saturated heterocycles. The first-order valence-corrected chi connectivity index (χ1v) is 8.50. The molecule has 0 fully saturated rings. The van der Waals surface area contributed by atoms with Gasteiger partial charge in [0.1, 0.15) is 6.07 Å². The number of rotatable bonds is 6. The third kappa shape index (κ3) is 5.11. The molecule has 0 spiro atoms. The van der Waals surface area contributed by atoms with E-state index in [2.05, 4.69) is 80.4 Å². The van der Waals surface area contributed by atoms with Crippen molar-refractivity contribution in [1.29, 1.82) is 5.26 Å². The van der Waals surface area contributed by atoms with Gasteiger partial charge in [-0.1, -0.05) is 36.4 Å². The minimum atomic E-state index is 0.0637. The van der Waals surface area contributed by atoms with E-state index in [0.29, 0.717) is 0 Å². The first-order chi connectivity index (χ1) is 11.4. The van der Waals surface area contributed by atoms with E-state index in [-0.39, 0.29) is 5.54 Å². The lowest BCUT2D eigenvalue weighted by Crippen LogP contribution is -2.35. The lowest BCUT2D eigenvalue weighted by Gasteiger charge is -2.25. The Kier molecular flexibility index (Phi) is 6.00. The first kappa shape index (κ1) is 18.0. The van der Waals surface area contributed by atoms with Gasteiger partial charge in [-0.15, -0.1) is 0 Å². The fraction of sp³-hybridized carbons (Fsp3) is 0.381. The maximum atomic E-state index is 9.58. The molecule has 0 saturated carbocycles. The molecule has 2 aromatic rings. The molecule has 126 valence electrons. The molecule has 0 amide bonds. The minimum absolute atomic E-state index is 0.0637. The molecule has 2 rings (SSSR count). The van der Waals surface area contributed by atoms with Crippen molar-refractivity contribution in [3.63, 3.8) is 0 Å². The van der Waals surface area contributed by atoms with Crippen molar-refractivity contribution in [3.05, 3.63) is 65.2 Å². The van der Waals surface area contributed by atoms with E-state index in [9.17, 15) is 5.26 Å². The van der Waals surface area contributed by atoms with E-state index in [1.165, 1.54) is 5.56 Å². The molecule has 0 aliphatic carbocycles. The van der Waals surface area contributed by atoms with Crippen LogP contribution in [0.15, 0.2) is 48.5 Å². The average Bonchev–Trinajstić information content (AvgIpc) is 2.58. The number of hydrogen-bond acceptors (Lipinski definition) is 3. The summed E-state index contributed by atoms with van der Waals surface area (Å²) in [6.45, 7) is 11.0. The van der Waals surface area contributed by atoms with Crippen LogP contribution in [0.3, 0.4) is 0 Å². The summed E-state index contributed by atoms with van der Waals surface area (Å²) in [4.78, 5) is 2.24. The zero-order chi connectivity index (χ0) is 17.6. The summed E-state index contributed by atoms with van der Waals surface area (Å²) < 4.78 is 0. The number of hydrogen-bond donors (Lipinski definition) is 1. The van der Waals surface area contributed by atoms with Gasteiger partial charge in [0.25, 0.3) is 0 Å². The highest BCUT2D eigenvalue weighted by Gasteiger charge is 2.13. The number of nitriles is 1. The van der Waals surface area contributed by atoms with Crippen LogP contribution < -0.4 is 10.2 Å². The van der Waals surface area contributed by atoms with Gasteiger partial charge >= 0.3 is 0 Å². The van der Waals surface area contributed by atoms with E-state index < -0.39 is 0 Å². The van der Waals surface area contributed by atoms with E-state index >= 15 is 0 Å². The third-order valence-corrected chi connectivity index (χ3v) is 3.94. The van der Waals surface area contributed by atoms with Crippen LogP contribution in [-0.2, 0) is 13.1 Å². The second-order valence-corrected chi connectivity index (χ2v) is 7.07. The fourth-order valence-electron chi connectivity index (χ4n) is 2.60. The lowest BCUT2D eigenvalue weighted by molar-refractivity contribution is 0.424. The lowest BCUT2D eigenvalue weighted by atomic mass is 10.1. The van der Waals surface area contributed by atoms with Crippen molar-refractivity contribution < 1.29 is 0 Å². The van der Waals surface area contributed by atoms with E-state index in [4.69, 9.17) is 0 Å². The number of nitrogens with one attached hydrogen (secondary N) is 1. The van der Waals surface area contributed by atoms with Crippen LogP contribution in [0.5, 0.6) is 0 Å². The Balaban J connectivity index is 2.20. The third-order valence-electron chi connectivity index (χ3n) is 3.94. The number of nitrogens with zero attached hydrogens (tertiary/aromatic N) is 2. The van der Waals surface area contributed by atoms with Gasteiger partial charge in [0.15, 0.2) is 0 Å². The molecule has 3 nitrogen and oxygen atoms in total. The molecule has 1 N–H and O–H groups in total. The van der Waals surface area contributed by atoms with Crippen LogP contribution in [0.25, 0.3) is 0 Å². The predicted molar refractivity (Wildman–Crippen MR) is 101 cm³/mol. The van der Waals surface area contributed by atoms with Gasteiger partial charge in [0, 0.05) is 25.2 Å². The van der Waals surface area contributed by atoms with Crippen molar-refractivity contribution >= 4 is 5.69 Å². The smallest absolute Gasteiger partial charge is 0.101 e. The Morgan fingerprint density at radius 3 is 2.33 bits per heavy atom. The Labute approximate surface area is 145 Å². The van der Waals surface area contributed by atoms with Gasteiger partial charge in [0.2, 0.25) is 0 Å². The van der Waals surface area contributed by atoms with E-state index in [0.717, 1.165) is 36.4 Å². The highest BCUT2D eigenvalue weighted by Crippen LogP contribution is 2.23. The van der Waals surface area contributed by atoms with Crippen LogP contribution in [0.2, 0.25) is 0 Å². The monoisotopic (exact) mass is 321 g/mol. The second-order valence-electron chi connectivity index (χ2n) is 7.07. The SMILES string of the molecule is CCN(Cc1ccccc1)c1ccc(CNC(C)(C)C)cc1C#N. The molecule has 0 unspecified atom stereocenters. The van der Waals surface area contributed by atoms with Gasteiger partial charge in [-0.25, -0.2) is 0 Å². The predicted octanol–water partition coefficient (Wildman–Crippen LogP) is 4.47. The van der Waals surface area contributed by atoms with Crippen LogP contribution in [0.1, 0.15) is 44.4 Å². The Morgan fingerprint density at radius 1 is 1.04 bits per heavy atom. The largest absolute Gasteiger partial charge is 0.366 e. The van der Waals surface area contributed by atoms with E-state index in [1.54, 1.807) is 0 Å². The van der Waals surface area contributed by atoms with Gasteiger partial charge in [0.05, 0.1) is 11.3 Å². The van der Waals surface area contributed by atoms with Crippen molar-refractivity contribution in [3.8, 4) is 6.07 Å². The zero-order valence-electron chi connectivity index (χ0n) is 15.1. The molecule has 3 heteroatoms. The highest BCUT2D eigenvalue weighted by atomic mass is 15.1. The topological polar surface area (TPSA) is 39.1 Å². The Hall–Kier alpha value is -2.31. The molecule has 0 bridgehead atoms. The van der Waals surface area contributed by atoms with Gasteiger partial charge in [-0.05, 0) is 51.0 Å². The van der Waals surface area contributed by atoms with Crippen LogP contribution in [0, 0.1) is 11.3 Å². The molecule has 24 heavy (non-hydrogen) atoms. The molecular weight excluding hydrogens is 294 g/mol. The van der Waals surface area contributed by atoms with Crippen molar-refractivity contribution in [2.24, 2.45) is 0 Å². The summed E-state index contributed by atoms with van der Waals surface area (Å²) in [6, 6.07) is 18.9. The normalized spacial score (nSPS) is 11.1. The molecule has 0 aliphatic heterocycles. The van der Waals surface area contributed by atoms with Crippen molar-refractivity contribution in [2.75, 3.05) is 11.4 Å². The standard InChI is InChI=1S/C21H27N3/c1-5-24(16-17-9-7-6-8-10-17)20-12-11-18(13-19(20)14-22)15-23-21(2,3)4/h6-13,23H,5,15-16H2,1-4H3. The highest BCUT2D eigenvalue weighted by molar-refractivity contribution is 5.60. The number of anilines is 1. The maximum absolute atomic E-state index is 9.58. The maximum Gasteiger partial charge on any atom is 0.101 e. The Bertz CT molecular complexity index is 693. The first-order valence-electron chi connectivity index (χ1n) is 8.50. The molecule has 2 aromatic carbocycles. The molecule has 0 aliphatic rings. The van der Waals surface area contributed by atoms with Crippen molar-refractivity contribution in [2.45, 2.75) is 46.3 Å². The quantitative estimate of drug-likeness (QED) is 0.853. The summed E-state index contributed by atoms with van der Waals surface area (Å²) in [6.07, 6.45) is 0. The fourth-order valence-corrected chi connectivity index (χ4v) is 2.60. The summed E-state index contributed by atoms with van der Waals surface area (Å²) in [5, 5.41) is 13.1. The second kappa shape index (κ2) is 7.99. The summed E-state index contributed by atoms with van der Waals surface area (Å²) in [7, 11) is 0. The molecule has 0 aromatic heterocycles. The zero-order valence-corrected chi connectivity index (χ0v) is 15.1. The summed E-state index contributed by atoms with van der Waals surface area (Å²) in [5.74, 6) is 0. The molecular formula is C21H27N3. The van der Waals surface area contributed by atoms with Gasteiger partial charge < -0.3 is 10.2 Å². The van der Waals surface area contributed by atoms with Crippen molar-refractivity contribution in [1.82, 2.24) is 5.32 Å². The molecule has 0 radical (unpaired) electrons. The molecule has 0 atom stereocenters. The van der Waals surface area contributed by atoms with Crippen LogP contribution in [-0.4, -0.2) is 12.1 Å². The van der Waals surface area contributed by atoms with Crippen LogP contribution >= 0.6 is 0 Å².